The molecule has 0 amide bonds. The second-order valence-electron chi connectivity index (χ2n) is 4.35. The van der Waals surface area contributed by atoms with Crippen LogP contribution in [0.15, 0.2) is 12.1 Å². The summed E-state index contributed by atoms with van der Waals surface area (Å²) in [5, 5.41) is 28.9. The molecule has 0 aromatic carbocycles. The topological polar surface area (TPSA) is 109 Å². The lowest BCUT2D eigenvalue weighted by Gasteiger charge is -2.22. The largest absolute Gasteiger partial charge is 0.470 e. The molecular weight excluding hydrogens is 266 g/mol. The van der Waals surface area contributed by atoms with Gasteiger partial charge >= 0.3 is 5.69 Å². The Kier molecular flexibility index (Phi) is 6.13. The van der Waals surface area contributed by atoms with Crippen molar-refractivity contribution in [3.05, 3.63) is 22.2 Å². The first-order valence-electron chi connectivity index (χ1n) is 6.28. The number of hydrogen-bond donors (Lipinski definition) is 2. The van der Waals surface area contributed by atoms with Gasteiger partial charge in [0.25, 0.3) is 5.88 Å². The van der Waals surface area contributed by atoms with Crippen LogP contribution in [0.4, 0.5) is 11.5 Å². The average molecular weight is 285 g/mol. The van der Waals surface area contributed by atoms with Gasteiger partial charge in [-0.15, -0.1) is 0 Å². The molecular formula is C12H19N3O5. The summed E-state index contributed by atoms with van der Waals surface area (Å²) in [6.07, 6.45) is -0.249. The van der Waals surface area contributed by atoms with E-state index in [-0.39, 0.29) is 44.0 Å². The van der Waals surface area contributed by atoms with Gasteiger partial charge in [-0.2, -0.15) is 4.98 Å². The number of aliphatic hydroxyl groups is 2. The van der Waals surface area contributed by atoms with Gasteiger partial charge in [0.05, 0.1) is 24.2 Å². The van der Waals surface area contributed by atoms with E-state index in [0.29, 0.717) is 5.82 Å². The Balaban J connectivity index is 3.12. The van der Waals surface area contributed by atoms with E-state index in [4.69, 9.17) is 14.9 Å². The zero-order valence-electron chi connectivity index (χ0n) is 11.5. The Labute approximate surface area is 116 Å². The molecule has 1 aromatic rings. The van der Waals surface area contributed by atoms with E-state index >= 15 is 0 Å². The molecule has 0 spiro atoms. The van der Waals surface area contributed by atoms with Crippen molar-refractivity contribution in [1.29, 1.82) is 0 Å². The fourth-order valence-electron chi connectivity index (χ4n) is 1.63. The molecule has 2 N–H and O–H groups in total. The van der Waals surface area contributed by atoms with Crippen LogP contribution in [-0.2, 0) is 0 Å². The van der Waals surface area contributed by atoms with Gasteiger partial charge in [-0.25, -0.2) is 0 Å². The predicted octanol–water partition coefficient (Wildman–Crippen LogP) is 0.568. The quantitative estimate of drug-likeness (QED) is 0.530. The molecule has 20 heavy (non-hydrogen) atoms. The summed E-state index contributed by atoms with van der Waals surface area (Å²) in [7, 11) is 0. The summed E-state index contributed by atoms with van der Waals surface area (Å²) in [5.41, 5.74) is -0.213. The number of rotatable bonds is 8. The molecule has 0 aliphatic rings. The Bertz CT molecular complexity index is 447. The minimum absolute atomic E-state index is 0.0663. The number of nitrogens with zero attached hydrogens (tertiary/aromatic N) is 3. The summed E-state index contributed by atoms with van der Waals surface area (Å²) in [6.45, 7) is 3.81. The van der Waals surface area contributed by atoms with Crippen LogP contribution in [-0.4, -0.2) is 52.5 Å². The lowest BCUT2D eigenvalue weighted by Crippen LogP contribution is -2.30. The Hall–Kier alpha value is -1.93. The monoisotopic (exact) mass is 285 g/mol. The van der Waals surface area contributed by atoms with Crippen LogP contribution in [0.25, 0.3) is 0 Å². The summed E-state index contributed by atoms with van der Waals surface area (Å²) in [4.78, 5) is 16.1. The highest BCUT2D eigenvalue weighted by molar-refractivity contribution is 5.50. The first-order valence-corrected chi connectivity index (χ1v) is 6.28. The molecule has 1 heterocycles. The first-order chi connectivity index (χ1) is 9.49. The van der Waals surface area contributed by atoms with Gasteiger partial charge < -0.3 is 19.8 Å². The van der Waals surface area contributed by atoms with Gasteiger partial charge in [0.1, 0.15) is 5.82 Å². The Morgan fingerprint density at radius 1 is 1.35 bits per heavy atom. The van der Waals surface area contributed by atoms with Gasteiger partial charge in [0.15, 0.2) is 0 Å². The molecule has 1 rings (SSSR count). The van der Waals surface area contributed by atoms with Crippen molar-refractivity contribution in [2.75, 3.05) is 31.2 Å². The van der Waals surface area contributed by atoms with Crippen LogP contribution < -0.4 is 9.64 Å². The Morgan fingerprint density at radius 3 is 2.40 bits per heavy atom. The van der Waals surface area contributed by atoms with Gasteiger partial charge in [-0.05, 0) is 19.9 Å². The highest BCUT2D eigenvalue weighted by atomic mass is 16.6. The Morgan fingerprint density at radius 2 is 1.95 bits per heavy atom. The maximum absolute atomic E-state index is 10.9. The van der Waals surface area contributed by atoms with E-state index in [2.05, 4.69) is 4.98 Å². The third-order valence-corrected chi connectivity index (χ3v) is 2.43. The summed E-state index contributed by atoms with van der Waals surface area (Å²) in [5.74, 6) is 0.345. The molecule has 1 aromatic heterocycles. The summed E-state index contributed by atoms with van der Waals surface area (Å²) >= 11 is 0. The number of aliphatic hydroxyl groups excluding tert-OH is 2. The van der Waals surface area contributed by atoms with Crippen molar-refractivity contribution >= 4 is 11.5 Å². The third kappa shape index (κ3) is 4.32. The van der Waals surface area contributed by atoms with E-state index in [0.717, 1.165) is 0 Å². The van der Waals surface area contributed by atoms with Crippen molar-refractivity contribution in [2.45, 2.75) is 20.0 Å². The SMILES string of the molecule is CC(C)Oc1nc(N(CCO)CCO)ccc1[N+](=O)[O-]. The number of anilines is 1. The van der Waals surface area contributed by atoms with E-state index in [1.54, 1.807) is 18.7 Å². The molecule has 0 radical (unpaired) electrons. The molecule has 0 atom stereocenters. The van der Waals surface area contributed by atoms with E-state index in [1.807, 2.05) is 0 Å². The molecule has 0 fully saturated rings. The van der Waals surface area contributed by atoms with Crippen molar-refractivity contribution in [1.82, 2.24) is 4.98 Å². The van der Waals surface area contributed by atoms with Crippen LogP contribution in [0, 0.1) is 10.1 Å². The predicted molar refractivity (Wildman–Crippen MR) is 73.0 cm³/mol. The molecule has 8 nitrogen and oxygen atoms in total. The molecule has 112 valence electrons. The minimum Gasteiger partial charge on any atom is -0.470 e. The fourth-order valence-corrected chi connectivity index (χ4v) is 1.63. The molecule has 0 saturated heterocycles. The number of nitro groups is 1. The normalized spacial score (nSPS) is 10.7. The van der Waals surface area contributed by atoms with Crippen LogP contribution in [0.5, 0.6) is 5.88 Å². The molecule has 8 heteroatoms. The molecule has 0 bridgehead atoms. The van der Waals surface area contributed by atoms with Crippen LogP contribution in [0.3, 0.4) is 0 Å². The molecule has 0 saturated carbocycles. The maximum atomic E-state index is 10.9. The molecule has 0 unspecified atom stereocenters. The van der Waals surface area contributed by atoms with Crippen LogP contribution in [0.2, 0.25) is 0 Å². The number of hydrogen-bond acceptors (Lipinski definition) is 7. The number of aromatic nitrogens is 1. The zero-order chi connectivity index (χ0) is 15.1. The van der Waals surface area contributed by atoms with Crippen molar-refractivity contribution in [3.63, 3.8) is 0 Å². The zero-order valence-corrected chi connectivity index (χ0v) is 11.5. The highest BCUT2D eigenvalue weighted by Gasteiger charge is 2.20. The van der Waals surface area contributed by atoms with Crippen molar-refractivity contribution in [3.8, 4) is 5.88 Å². The second kappa shape index (κ2) is 7.61. The van der Waals surface area contributed by atoms with E-state index in [1.165, 1.54) is 12.1 Å². The lowest BCUT2D eigenvalue weighted by atomic mass is 10.3. The van der Waals surface area contributed by atoms with E-state index < -0.39 is 4.92 Å². The van der Waals surface area contributed by atoms with E-state index in [9.17, 15) is 10.1 Å². The smallest absolute Gasteiger partial charge is 0.331 e. The number of pyridine rings is 1. The third-order valence-electron chi connectivity index (χ3n) is 2.43. The molecule has 0 aliphatic heterocycles. The van der Waals surface area contributed by atoms with Gasteiger partial charge in [0.2, 0.25) is 0 Å². The number of ether oxygens (including phenoxy) is 1. The van der Waals surface area contributed by atoms with Gasteiger partial charge in [-0.3, -0.25) is 10.1 Å². The lowest BCUT2D eigenvalue weighted by molar-refractivity contribution is -0.386. The highest BCUT2D eigenvalue weighted by Crippen LogP contribution is 2.28. The van der Waals surface area contributed by atoms with Gasteiger partial charge in [-0.1, -0.05) is 0 Å². The summed E-state index contributed by atoms with van der Waals surface area (Å²) < 4.78 is 5.35. The average Bonchev–Trinajstić information content (AvgIpc) is 2.37. The van der Waals surface area contributed by atoms with Crippen LogP contribution in [0.1, 0.15) is 13.8 Å². The van der Waals surface area contributed by atoms with Crippen molar-refractivity contribution in [2.24, 2.45) is 0 Å². The fraction of sp³-hybridized carbons (Fsp3) is 0.583. The molecule has 0 aliphatic carbocycles. The summed E-state index contributed by atoms with van der Waals surface area (Å²) in [6, 6.07) is 2.78. The second-order valence-corrected chi connectivity index (χ2v) is 4.35. The minimum atomic E-state index is -0.559. The first kappa shape index (κ1) is 16.1. The van der Waals surface area contributed by atoms with Crippen molar-refractivity contribution < 1.29 is 19.9 Å². The maximum Gasteiger partial charge on any atom is 0.331 e. The van der Waals surface area contributed by atoms with Gasteiger partial charge in [0, 0.05) is 19.2 Å². The van der Waals surface area contributed by atoms with Crippen LogP contribution >= 0.6 is 0 Å². The standard InChI is InChI=1S/C12H19N3O5/c1-9(2)20-12-10(15(18)19)3-4-11(13-12)14(5-7-16)6-8-17/h3-4,9,16-17H,5-8H2,1-2H3.